The lowest BCUT2D eigenvalue weighted by atomic mass is 10.0. The predicted molar refractivity (Wildman–Crippen MR) is 90.4 cm³/mol. The van der Waals surface area contributed by atoms with Crippen LogP contribution in [-0.2, 0) is 19.5 Å². The van der Waals surface area contributed by atoms with E-state index in [0.717, 1.165) is 42.5 Å². The predicted octanol–water partition coefficient (Wildman–Crippen LogP) is 3.49. The normalized spacial score (nSPS) is 16.9. The van der Waals surface area contributed by atoms with Gasteiger partial charge in [0.25, 0.3) is 0 Å². The summed E-state index contributed by atoms with van der Waals surface area (Å²) in [5.41, 5.74) is 3.27. The summed E-state index contributed by atoms with van der Waals surface area (Å²) in [6.07, 6.45) is 3.45. The summed E-state index contributed by atoms with van der Waals surface area (Å²) in [4.78, 5) is 4.83. The molecule has 3 rings (SSSR count). The molecule has 1 aliphatic rings. The Bertz CT molecular complexity index is 613. The summed E-state index contributed by atoms with van der Waals surface area (Å²) in [5, 5.41) is 4.62. The summed E-state index contributed by atoms with van der Waals surface area (Å²) in [7, 11) is 0. The highest BCUT2D eigenvalue weighted by molar-refractivity contribution is 7.99. The van der Waals surface area contributed by atoms with Crippen LogP contribution >= 0.6 is 23.4 Å². The fourth-order valence-electron chi connectivity index (χ4n) is 3.14. The van der Waals surface area contributed by atoms with E-state index in [4.69, 9.17) is 16.6 Å². The molecule has 2 aromatic heterocycles. The molecule has 1 saturated heterocycles. The van der Waals surface area contributed by atoms with Gasteiger partial charge in [-0.2, -0.15) is 16.9 Å². The van der Waals surface area contributed by atoms with Crippen molar-refractivity contribution in [1.29, 1.82) is 0 Å². The first-order chi connectivity index (χ1) is 10.2. The molecule has 0 N–H and O–H groups in total. The summed E-state index contributed by atoms with van der Waals surface area (Å²) < 4.78 is 4.48. The molecule has 0 saturated carbocycles. The molecule has 0 aliphatic carbocycles. The number of hydrogen-bond donors (Lipinski definition) is 0. The van der Waals surface area contributed by atoms with Crippen LogP contribution in [0.15, 0.2) is 0 Å². The van der Waals surface area contributed by atoms with Crippen LogP contribution in [-0.4, -0.2) is 36.7 Å². The molecule has 1 aliphatic heterocycles. The number of aromatic nitrogens is 4. The van der Waals surface area contributed by atoms with Crippen molar-refractivity contribution in [3.05, 3.63) is 11.5 Å². The molecule has 3 heterocycles. The molecule has 4 nitrogen and oxygen atoms in total. The minimum absolute atomic E-state index is 0.624. The zero-order valence-corrected chi connectivity index (χ0v) is 14.4. The SMILES string of the molecule is CCn1nc(C)c2nc(CCCl)n(CC3CCSCC3)c21. The number of hydrogen-bond acceptors (Lipinski definition) is 3. The number of halogens is 1. The first-order valence-corrected chi connectivity index (χ1v) is 9.49. The van der Waals surface area contributed by atoms with Gasteiger partial charge in [-0.15, -0.1) is 11.6 Å². The van der Waals surface area contributed by atoms with Crippen molar-refractivity contribution in [3.8, 4) is 0 Å². The second-order valence-electron chi connectivity index (χ2n) is 5.71. The van der Waals surface area contributed by atoms with E-state index in [2.05, 4.69) is 33.0 Å². The van der Waals surface area contributed by atoms with Crippen LogP contribution < -0.4 is 0 Å². The fraction of sp³-hybridized carbons (Fsp3) is 0.733. The molecule has 0 spiro atoms. The van der Waals surface area contributed by atoms with Crippen LogP contribution in [0.3, 0.4) is 0 Å². The summed E-state index contributed by atoms with van der Waals surface area (Å²) in [6, 6.07) is 0. The zero-order chi connectivity index (χ0) is 14.8. The van der Waals surface area contributed by atoms with Crippen LogP contribution in [0.5, 0.6) is 0 Å². The van der Waals surface area contributed by atoms with Gasteiger partial charge in [0.1, 0.15) is 11.3 Å². The minimum Gasteiger partial charge on any atom is -0.313 e. The maximum absolute atomic E-state index is 5.98. The summed E-state index contributed by atoms with van der Waals surface area (Å²) in [5.74, 6) is 5.09. The highest BCUT2D eigenvalue weighted by Gasteiger charge is 2.21. The van der Waals surface area contributed by atoms with Crippen molar-refractivity contribution < 1.29 is 0 Å². The number of thioether (sulfide) groups is 1. The van der Waals surface area contributed by atoms with Crippen molar-refractivity contribution in [2.75, 3.05) is 17.4 Å². The van der Waals surface area contributed by atoms with Crippen molar-refractivity contribution in [3.63, 3.8) is 0 Å². The Kier molecular flexibility index (Phi) is 4.79. The maximum atomic E-state index is 5.98. The minimum atomic E-state index is 0.624. The second-order valence-corrected chi connectivity index (χ2v) is 7.31. The Labute approximate surface area is 135 Å². The Morgan fingerprint density at radius 3 is 2.76 bits per heavy atom. The van der Waals surface area contributed by atoms with E-state index in [1.165, 1.54) is 30.0 Å². The van der Waals surface area contributed by atoms with Gasteiger partial charge in [0.15, 0.2) is 5.65 Å². The summed E-state index contributed by atoms with van der Waals surface area (Å²) in [6.45, 7) is 6.14. The van der Waals surface area contributed by atoms with Crippen LogP contribution in [0.25, 0.3) is 11.2 Å². The van der Waals surface area contributed by atoms with Gasteiger partial charge < -0.3 is 4.57 Å². The van der Waals surface area contributed by atoms with Gasteiger partial charge in [0.2, 0.25) is 0 Å². The number of aryl methyl sites for hydroxylation is 3. The van der Waals surface area contributed by atoms with Gasteiger partial charge in [-0.3, -0.25) is 0 Å². The molecule has 6 heteroatoms. The quantitative estimate of drug-likeness (QED) is 0.789. The van der Waals surface area contributed by atoms with Gasteiger partial charge in [-0.25, -0.2) is 9.67 Å². The molecular weight excluding hydrogens is 304 g/mol. The molecule has 21 heavy (non-hydrogen) atoms. The van der Waals surface area contributed by atoms with Gasteiger partial charge in [-0.05, 0) is 44.1 Å². The second kappa shape index (κ2) is 6.61. The molecular formula is C15H23ClN4S. The van der Waals surface area contributed by atoms with E-state index in [-0.39, 0.29) is 0 Å². The Balaban J connectivity index is 2.01. The molecule has 1 fully saturated rings. The number of rotatable bonds is 5. The monoisotopic (exact) mass is 326 g/mol. The first-order valence-electron chi connectivity index (χ1n) is 7.80. The van der Waals surface area contributed by atoms with Crippen LogP contribution in [0.2, 0.25) is 0 Å². The average molecular weight is 327 g/mol. The van der Waals surface area contributed by atoms with Crippen molar-refractivity contribution in [1.82, 2.24) is 19.3 Å². The van der Waals surface area contributed by atoms with Crippen molar-refractivity contribution >= 4 is 34.5 Å². The third-order valence-corrected chi connectivity index (χ3v) is 5.51. The number of imidazole rings is 1. The Hall–Kier alpha value is -0.680. The lowest BCUT2D eigenvalue weighted by Crippen LogP contribution is -2.19. The van der Waals surface area contributed by atoms with Crippen LogP contribution in [0.1, 0.15) is 31.3 Å². The smallest absolute Gasteiger partial charge is 0.158 e. The molecule has 116 valence electrons. The Morgan fingerprint density at radius 2 is 2.10 bits per heavy atom. The van der Waals surface area contributed by atoms with Gasteiger partial charge in [-0.1, -0.05) is 0 Å². The molecule has 0 bridgehead atoms. The topological polar surface area (TPSA) is 35.6 Å². The lowest BCUT2D eigenvalue weighted by molar-refractivity contribution is 0.411. The lowest BCUT2D eigenvalue weighted by Gasteiger charge is -2.23. The van der Waals surface area contributed by atoms with Crippen molar-refractivity contribution in [2.45, 2.75) is 46.2 Å². The van der Waals surface area contributed by atoms with Crippen LogP contribution in [0.4, 0.5) is 0 Å². The van der Waals surface area contributed by atoms with E-state index < -0.39 is 0 Å². The molecule has 2 aromatic rings. The molecule has 0 atom stereocenters. The number of alkyl halides is 1. The van der Waals surface area contributed by atoms with E-state index >= 15 is 0 Å². The van der Waals surface area contributed by atoms with E-state index in [0.29, 0.717) is 5.88 Å². The molecule has 0 radical (unpaired) electrons. The van der Waals surface area contributed by atoms with Gasteiger partial charge in [0.05, 0.1) is 5.69 Å². The van der Waals surface area contributed by atoms with Crippen molar-refractivity contribution in [2.24, 2.45) is 5.92 Å². The zero-order valence-electron chi connectivity index (χ0n) is 12.8. The highest BCUT2D eigenvalue weighted by Crippen LogP contribution is 2.27. The number of fused-ring (bicyclic) bond motifs is 1. The van der Waals surface area contributed by atoms with E-state index in [9.17, 15) is 0 Å². The standard InChI is InChI=1S/C15H23ClN4S/c1-3-20-15-14(11(2)18-20)17-13(4-7-16)19(15)10-12-5-8-21-9-6-12/h12H,3-10H2,1-2H3. The average Bonchev–Trinajstić information content (AvgIpc) is 3.00. The fourth-order valence-corrected chi connectivity index (χ4v) is 4.52. The Morgan fingerprint density at radius 1 is 1.33 bits per heavy atom. The third kappa shape index (κ3) is 2.95. The van der Waals surface area contributed by atoms with Crippen LogP contribution in [0, 0.1) is 12.8 Å². The first kappa shape index (κ1) is 15.2. The highest BCUT2D eigenvalue weighted by atomic mass is 35.5. The maximum Gasteiger partial charge on any atom is 0.158 e. The summed E-state index contributed by atoms with van der Waals surface area (Å²) >= 11 is 8.06. The van der Waals surface area contributed by atoms with E-state index in [1.54, 1.807) is 0 Å². The largest absolute Gasteiger partial charge is 0.313 e. The molecule has 0 unspecified atom stereocenters. The third-order valence-electron chi connectivity index (χ3n) is 4.28. The molecule has 0 aromatic carbocycles. The van der Waals surface area contributed by atoms with Gasteiger partial charge in [0, 0.05) is 25.4 Å². The van der Waals surface area contributed by atoms with Gasteiger partial charge >= 0.3 is 0 Å². The number of nitrogens with zero attached hydrogens (tertiary/aromatic N) is 4. The van der Waals surface area contributed by atoms with E-state index in [1.807, 2.05) is 6.92 Å². The molecule has 0 amide bonds.